The van der Waals surface area contributed by atoms with Crippen molar-refractivity contribution in [1.29, 1.82) is 0 Å². The topological polar surface area (TPSA) is 85.0 Å². The number of amides is 1. The first kappa shape index (κ1) is 17.1. The zero-order valence-electron chi connectivity index (χ0n) is 12.7. The van der Waals surface area contributed by atoms with Crippen molar-refractivity contribution in [3.8, 4) is 0 Å². The molecule has 0 aliphatic rings. The quantitative estimate of drug-likeness (QED) is 0.686. The summed E-state index contributed by atoms with van der Waals surface area (Å²) in [6, 6.07) is 11.9. The molecule has 0 atom stereocenters. The Kier molecular flexibility index (Phi) is 4.79. The van der Waals surface area contributed by atoms with Gasteiger partial charge in [-0.2, -0.15) is 0 Å². The van der Waals surface area contributed by atoms with Gasteiger partial charge in [-0.15, -0.1) is 0 Å². The SMILES string of the molecule is O=C(C=Cc1c(C(=O)[O-])[nH]c2cc(Cl)cc(Cl)c12)Nc1ccccc1. The molecule has 3 aromatic rings. The van der Waals surface area contributed by atoms with Crippen LogP contribution >= 0.6 is 23.2 Å². The minimum absolute atomic E-state index is 0.178. The van der Waals surface area contributed by atoms with Gasteiger partial charge in [0.15, 0.2) is 0 Å². The number of carboxylic acids is 1. The molecule has 1 amide bonds. The number of para-hydroxylation sites is 1. The first-order valence-corrected chi connectivity index (χ1v) is 7.97. The number of carboxylic acid groups (broad SMARTS) is 1. The summed E-state index contributed by atoms with van der Waals surface area (Å²) in [6.45, 7) is 0. The van der Waals surface area contributed by atoms with E-state index in [1.165, 1.54) is 18.2 Å². The summed E-state index contributed by atoms with van der Waals surface area (Å²) in [6.07, 6.45) is 2.61. The number of H-pyrrole nitrogens is 1. The van der Waals surface area contributed by atoms with E-state index in [0.29, 0.717) is 21.6 Å². The summed E-state index contributed by atoms with van der Waals surface area (Å²) in [4.78, 5) is 26.1. The molecule has 2 N–H and O–H groups in total. The lowest BCUT2D eigenvalue weighted by Gasteiger charge is -2.03. The van der Waals surface area contributed by atoms with Gasteiger partial charge < -0.3 is 20.2 Å². The number of carbonyl (C=O) groups is 2. The van der Waals surface area contributed by atoms with Gasteiger partial charge in [-0.25, -0.2) is 0 Å². The Morgan fingerprint density at radius 2 is 1.84 bits per heavy atom. The number of rotatable bonds is 4. The average molecular weight is 374 g/mol. The summed E-state index contributed by atoms with van der Waals surface area (Å²) in [5.74, 6) is -1.82. The molecule has 0 radical (unpaired) electrons. The molecule has 0 saturated carbocycles. The van der Waals surface area contributed by atoms with Gasteiger partial charge in [-0.1, -0.05) is 41.4 Å². The summed E-state index contributed by atoms with van der Waals surface area (Å²) in [7, 11) is 0. The maximum absolute atomic E-state index is 12.0. The standard InChI is InChI=1S/C18H12Cl2N2O3/c19-10-8-13(20)16-12(17(18(24)25)22-14(16)9-10)6-7-15(23)21-11-4-2-1-3-5-11/h1-9,22H,(H,21,23)(H,24,25)/p-1. The fraction of sp³-hybridized carbons (Fsp3) is 0. The van der Waals surface area contributed by atoms with E-state index in [1.807, 2.05) is 6.07 Å². The van der Waals surface area contributed by atoms with Crippen molar-refractivity contribution < 1.29 is 14.7 Å². The maximum Gasteiger partial charge on any atom is 0.248 e. The van der Waals surface area contributed by atoms with Gasteiger partial charge in [0.1, 0.15) is 0 Å². The molecule has 0 spiro atoms. The number of aromatic nitrogens is 1. The largest absolute Gasteiger partial charge is 0.543 e. The molecule has 2 aromatic carbocycles. The van der Waals surface area contributed by atoms with Gasteiger partial charge in [0.25, 0.3) is 0 Å². The van der Waals surface area contributed by atoms with Crippen LogP contribution in [0, 0.1) is 0 Å². The number of halogens is 2. The molecule has 126 valence electrons. The van der Waals surface area contributed by atoms with Crippen molar-refractivity contribution in [3.05, 3.63) is 69.8 Å². The molecule has 0 unspecified atom stereocenters. The molecular formula is C18H11Cl2N2O3-. The molecule has 0 bridgehead atoms. The Morgan fingerprint density at radius 1 is 1.12 bits per heavy atom. The maximum atomic E-state index is 12.0. The summed E-state index contributed by atoms with van der Waals surface area (Å²) in [5, 5.41) is 15.1. The smallest absolute Gasteiger partial charge is 0.248 e. The summed E-state index contributed by atoms with van der Waals surface area (Å²) < 4.78 is 0. The fourth-order valence-corrected chi connectivity index (χ4v) is 3.06. The average Bonchev–Trinajstić information content (AvgIpc) is 2.93. The van der Waals surface area contributed by atoms with E-state index in [-0.39, 0.29) is 16.3 Å². The Morgan fingerprint density at radius 3 is 2.52 bits per heavy atom. The van der Waals surface area contributed by atoms with Crippen LogP contribution in [0.4, 0.5) is 5.69 Å². The van der Waals surface area contributed by atoms with Crippen LogP contribution in [0.3, 0.4) is 0 Å². The van der Waals surface area contributed by atoms with Crippen molar-refractivity contribution in [3.63, 3.8) is 0 Å². The number of anilines is 1. The minimum atomic E-state index is -1.41. The lowest BCUT2D eigenvalue weighted by molar-refractivity contribution is -0.255. The number of hydrogen-bond donors (Lipinski definition) is 2. The first-order chi connectivity index (χ1) is 12.0. The Hall–Kier alpha value is -2.76. The Bertz CT molecular complexity index is 994. The van der Waals surface area contributed by atoms with Gasteiger partial charge >= 0.3 is 0 Å². The second-order valence-corrected chi connectivity index (χ2v) is 6.04. The lowest BCUT2D eigenvalue weighted by atomic mass is 10.1. The second kappa shape index (κ2) is 7.01. The minimum Gasteiger partial charge on any atom is -0.543 e. The zero-order valence-corrected chi connectivity index (χ0v) is 14.2. The van der Waals surface area contributed by atoms with Crippen LogP contribution in [0.2, 0.25) is 10.0 Å². The molecule has 0 fully saturated rings. The highest BCUT2D eigenvalue weighted by Crippen LogP contribution is 2.33. The Balaban J connectivity index is 1.98. The van der Waals surface area contributed by atoms with E-state index in [2.05, 4.69) is 10.3 Å². The van der Waals surface area contributed by atoms with Crippen LogP contribution in [0.5, 0.6) is 0 Å². The van der Waals surface area contributed by atoms with Crippen molar-refractivity contribution in [1.82, 2.24) is 4.98 Å². The predicted octanol–water partition coefficient (Wildman–Crippen LogP) is 3.49. The van der Waals surface area contributed by atoms with Crippen LogP contribution in [-0.4, -0.2) is 16.9 Å². The highest BCUT2D eigenvalue weighted by molar-refractivity contribution is 6.39. The normalized spacial score (nSPS) is 11.1. The molecular weight excluding hydrogens is 363 g/mol. The molecule has 0 aliphatic heterocycles. The van der Waals surface area contributed by atoms with Gasteiger partial charge in [0.2, 0.25) is 5.91 Å². The third-order valence-electron chi connectivity index (χ3n) is 3.50. The van der Waals surface area contributed by atoms with E-state index >= 15 is 0 Å². The van der Waals surface area contributed by atoms with Gasteiger partial charge in [0, 0.05) is 33.3 Å². The summed E-state index contributed by atoms with van der Waals surface area (Å²) in [5.41, 5.74) is 1.14. The van der Waals surface area contributed by atoms with Gasteiger partial charge in [-0.3, -0.25) is 4.79 Å². The van der Waals surface area contributed by atoms with Crippen LogP contribution in [-0.2, 0) is 4.79 Å². The first-order valence-electron chi connectivity index (χ1n) is 7.22. The fourth-order valence-electron chi connectivity index (χ4n) is 2.47. The van der Waals surface area contributed by atoms with Crippen molar-refractivity contribution in [2.45, 2.75) is 0 Å². The van der Waals surface area contributed by atoms with E-state index in [9.17, 15) is 14.7 Å². The van der Waals surface area contributed by atoms with Gasteiger partial charge in [-0.05, 0) is 30.3 Å². The number of carbonyl (C=O) groups excluding carboxylic acids is 2. The monoisotopic (exact) mass is 373 g/mol. The third kappa shape index (κ3) is 3.68. The molecule has 0 aliphatic carbocycles. The number of benzene rings is 2. The summed E-state index contributed by atoms with van der Waals surface area (Å²) >= 11 is 12.1. The second-order valence-electron chi connectivity index (χ2n) is 5.20. The number of aromatic amines is 1. The highest BCUT2D eigenvalue weighted by atomic mass is 35.5. The molecule has 7 heteroatoms. The number of hydrogen-bond acceptors (Lipinski definition) is 3. The highest BCUT2D eigenvalue weighted by Gasteiger charge is 2.14. The van der Waals surface area contributed by atoms with Crippen LogP contribution in [0.25, 0.3) is 17.0 Å². The van der Waals surface area contributed by atoms with Crippen LogP contribution < -0.4 is 10.4 Å². The van der Waals surface area contributed by atoms with E-state index < -0.39 is 11.9 Å². The number of fused-ring (bicyclic) bond motifs is 1. The van der Waals surface area contributed by atoms with E-state index in [4.69, 9.17) is 23.2 Å². The molecule has 1 heterocycles. The Labute approximate surface area is 152 Å². The van der Waals surface area contributed by atoms with Crippen molar-refractivity contribution in [2.24, 2.45) is 0 Å². The zero-order chi connectivity index (χ0) is 18.0. The molecule has 5 nitrogen and oxygen atoms in total. The predicted molar refractivity (Wildman–Crippen MR) is 96.8 cm³/mol. The van der Waals surface area contributed by atoms with Gasteiger partial charge in [0.05, 0.1) is 16.7 Å². The van der Waals surface area contributed by atoms with Crippen LogP contribution in [0.1, 0.15) is 16.1 Å². The van der Waals surface area contributed by atoms with Crippen molar-refractivity contribution in [2.75, 3.05) is 5.32 Å². The van der Waals surface area contributed by atoms with Crippen LogP contribution in [0.15, 0.2) is 48.5 Å². The molecule has 1 aromatic heterocycles. The van der Waals surface area contributed by atoms with E-state index in [0.717, 1.165) is 0 Å². The van der Waals surface area contributed by atoms with Crippen molar-refractivity contribution >= 4 is 57.7 Å². The third-order valence-corrected chi connectivity index (χ3v) is 4.02. The molecule has 25 heavy (non-hydrogen) atoms. The number of aromatic carboxylic acids is 1. The molecule has 3 rings (SSSR count). The lowest BCUT2D eigenvalue weighted by Crippen LogP contribution is -2.23. The molecule has 0 saturated heterocycles. The van der Waals surface area contributed by atoms with E-state index in [1.54, 1.807) is 30.3 Å². The number of nitrogens with one attached hydrogen (secondary N) is 2.